The fraction of sp³-hybridized carbons (Fsp3) is 0.571. The molecule has 0 bridgehead atoms. The summed E-state index contributed by atoms with van der Waals surface area (Å²) in [5.41, 5.74) is 8.25. The van der Waals surface area contributed by atoms with Gasteiger partial charge in [0.15, 0.2) is 9.84 Å². The summed E-state index contributed by atoms with van der Waals surface area (Å²) in [6.07, 6.45) is 5.95. The van der Waals surface area contributed by atoms with Crippen LogP contribution in [0.4, 0.5) is 0 Å². The van der Waals surface area contributed by atoms with E-state index in [1.54, 1.807) is 0 Å². The van der Waals surface area contributed by atoms with Gasteiger partial charge in [0.1, 0.15) is 0 Å². The normalized spacial score (nSPS) is 23.7. The average molecular weight is 265 g/mol. The van der Waals surface area contributed by atoms with Crippen LogP contribution in [-0.4, -0.2) is 20.2 Å². The molecule has 0 spiro atoms. The van der Waals surface area contributed by atoms with Crippen LogP contribution in [0.25, 0.3) is 0 Å². The SMILES string of the molecule is CS(=O)(=O)C1(c2ccc(CC3(N)CC3)cc2)CC1. The summed E-state index contributed by atoms with van der Waals surface area (Å²) in [6.45, 7) is 0. The van der Waals surface area contributed by atoms with E-state index in [1.165, 1.54) is 11.8 Å². The number of benzene rings is 1. The third kappa shape index (κ3) is 1.97. The first-order valence-corrected chi connectivity index (χ1v) is 8.32. The van der Waals surface area contributed by atoms with Crippen molar-refractivity contribution in [1.82, 2.24) is 0 Å². The van der Waals surface area contributed by atoms with E-state index in [9.17, 15) is 8.42 Å². The fourth-order valence-corrected chi connectivity index (χ4v) is 4.07. The molecule has 2 aliphatic rings. The van der Waals surface area contributed by atoms with Gasteiger partial charge in [0.2, 0.25) is 0 Å². The predicted octanol–water partition coefficient (Wildman–Crippen LogP) is 1.75. The maximum Gasteiger partial charge on any atom is 0.157 e. The summed E-state index contributed by atoms with van der Waals surface area (Å²) >= 11 is 0. The van der Waals surface area contributed by atoms with Crippen molar-refractivity contribution in [2.75, 3.05) is 6.26 Å². The minimum Gasteiger partial charge on any atom is -0.325 e. The van der Waals surface area contributed by atoms with Gasteiger partial charge in [-0.2, -0.15) is 0 Å². The van der Waals surface area contributed by atoms with Crippen LogP contribution >= 0.6 is 0 Å². The lowest BCUT2D eigenvalue weighted by molar-refractivity contribution is 0.586. The van der Waals surface area contributed by atoms with Gasteiger partial charge in [0.05, 0.1) is 4.75 Å². The number of hydrogen-bond acceptors (Lipinski definition) is 3. The van der Waals surface area contributed by atoms with Gasteiger partial charge in [0.25, 0.3) is 0 Å². The van der Waals surface area contributed by atoms with E-state index >= 15 is 0 Å². The third-order valence-corrected chi connectivity index (χ3v) is 6.41. The lowest BCUT2D eigenvalue weighted by Crippen LogP contribution is -2.24. The van der Waals surface area contributed by atoms with E-state index in [1.807, 2.05) is 24.3 Å². The van der Waals surface area contributed by atoms with E-state index in [0.717, 1.165) is 37.7 Å². The highest BCUT2D eigenvalue weighted by atomic mass is 32.2. The molecule has 1 aromatic rings. The van der Waals surface area contributed by atoms with Gasteiger partial charge in [-0.05, 0) is 43.2 Å². The topological polar surface area (TPSA) is 60.2 Å². The van der Waals surface area contributed by atoms with Crippen LogP contribution in [-0.2, 0) is 21.0 Å². The maximum atomic E-state index is 11.8. The van der Waals surface area contributed by atoms with Gasteiger partial charge in [0, 0.05) is 11.8 Å². The molecule has 0 unspecified atom stereocenters. The first-order chi connectivity index (χ1) is 8.35. The lowest BCUT2D eigenvalue weighted by atomic mass is 10.0. The van der Waals surface area contributed by atoms with Gasteiger partial charge in [-0.3, -0.25) is 0 Å². The minimum atomic E-state index is -3.00. The summed E-state index contributed by atoms with van der Waals surface area (Å²) in [7, 11) is -3.00. The van der Waals surface area contributed by atoms with Crippen molar-refractivity contribution >= 4 is 9.84 Å². The summed E-state index contributed by atoms with van der Waals surface area (Å²) in [5, 5.41) is 0. The van der Waals surface area contributed by atoms with Gasteiger partial charge in [-0.15, -0.1) is 0 Å². The zero-order valence-electron chi connectivity index (χ0n) is 10.6. The lowest BCUT2D eigenvalue weighted by Gasteiger charge is -2.15. The van der Waals surface area contributed by atoms with Crippen LogP contribution < -0.4 is 5.73 Å². The molecule has 0 atom stereocenters. The molecule has 0 aliphatic heterocycles. The molecule has 0 amide bonds. The number of rotatable bonds is 4. The Kier molecular flexibility index (Phi) is 2.42. The highest BCUT2D eigenvalue weighted by Crippen LogP contribution is 2.52. The van der Waals surface area contributed by atoms with Crippen LogP contribution in [0, 0.1) is 0 Å². The molecular formula is C14H19NO2S. The Labute approximate surface area is 108 Å². The molecule has 2 N–H and O–H groups in total. The van der Waals surface area contributed by atoms with Crippen LogP contribution in [0.3, 0.4) is 0 Å². The van der Waals surface area contributed by atoms with E-state index in [4.69, 9.17) is 5.73 Å². The highest BCUT2D eigenvalue weighted by Gasteiger charge is 2.53. The standard InChI is InChI=1S/C14H19NO2S/c1-18(16,17)14(8-9-14)12-4-2-11(3-5-12)10-13(15)6-7-13/h2-5H,6-10,15H2,1H3. The zero-order chi connectivity index (χ0) is 13.0. The average Bonchev–Trinajstić information content (AvgIpc) is 3.15. The van der Waals surface area contributed by atoms with E-state index in [2.05, 4.69) is 0 Å². The first kappa shape index (κ1) is 12.2. The molecule has 98 valence electrons. The van der Waals surface area contributed by atoms with Crippen LogP contribution in [0.5, 0.6) is 0 Å². The van der Waals surface area contributed by atoms with Crippen LogP contribution in [0.15, 0.2) is 24.3 Å². The molecule has 2 saturated carbocycles. The molecule has 3 nitrogen and oxygen atoms in total. The molecule has 2 aliphatic carbocycles. The quantitative estimate of drug-likeness (QED) is 0.902. The van der Waals surface area contributed by atoms with Crippen molar-refractivity contribution in [2.24, 2.45) is 5.73 Å². The molecule has 2 fully saturated rings. The Bertz CT molecular complexity index is 566. The summed E-state index contributed by atoms with van der Waals surface area (Å²) in [5.74, 6) is 0. The Morgan fingerprint density at radius 3 is 2.06 bits per heavy atom. The fourth-order valence-electron chi connectivity index (χ4n) is 2.66. The second-order valence-corrected chi connectivity index (χ2v) is 8.33. The Morgan fingerprint density at radius 2 is 1.67 bits per heavy atom. The van der Waals surface area contributed by atoms with Crippen LogP contribution in [0.1, 0.15) is 36.8 Å². The molecule has 0 saturated heterocycles. The van der Waals surface area contributed by atoms with Crippen molar-refractivity contribution < 1.29 is 8.42 Å². The number of sulfone groups is 1. The van der Waals surface area contributed by atoms with E-state index in [0.29, 0.717) is 0 Å². The molecule has 4 heteroatoms. The second-order valence-electron chi connectivity index (χ2n) is 6.00. The summed E-state index contributed by atoms with van der Waals surface area (Å²) in [4.78, 5) is 0. The molecule has 1 aromatic carbocycles. The second kappa shape index (κ2) is 3.58. The number of nitrogens with two attached hydrogens (primary N) is 1. The van der Waals surface area contributed by atoms with Crippen molar-refractivity contribution in [3.05, 3.63) is 35.4 Å². The van der Waals surface area contributed by atoms with Crippen molar-refractivity contribution in [3.63, 3.8) is 0 Å². The minimum absolute atomic E-state index is 0.00954. The van der Waals surface area contributed by atoms with Gasteiger partial charge >= 0.3 is 0 Å². The van der Waals surface area contributed by atoms with Crippen molar-refractivity contribution in [3.8, 4) is 0 Å². The smallest absolute Gasteiger partial charge is 0.157 e. The predicted molar refractivity (Wildman–Crippen MR) is 72.1 cm³/mol. The van der Waals surface area contributed by atoms with Gasteiger partial charge < -0.3 is 5.73 Å². The maximum absolute atomic E-state index is 11.8. The highest BCUT2D eigenvalue weighted by molar-refractivity contribution is 7.92. The van der Waals surface area contributed by atoms with Gasteiger partial charge in [-0.1, -0.05) is 24.3 Å². The van der Waals surface area contributed by atoms with E-state index < -0.39 is 14.6 Å². The molecule has 0 aromatic heterocycles. The van der Waals surface area contributed by atoms with Crippen molar-refractivity contribution in [1.29, 1.82) is 0 Å². The van der Waals surface area contributed by atoms with Crippen LogP contribution in [0.2, 0.25) is 0 Å². The third-order valence-electron chi connectivity index (χ3n) is 4.34. The molecule has 0 radical (unpaired) electrons. The zero-order valence-corrected chi connectivity index (χ0v) is 11.5. The monoisotopic (exact) mass is 265 g/mol. The molecular weight excluding hydrogens is 246 g/mol. The molecule has 18 heavy (non-hydrogen) atoms. The van der Waals surface area contributed by atoms with Crippen molar-refractivity contribution in [2.45, 2.75) is 42.4 Å². The Balaban J connectivity index is 1.83. The summed E-state index contributed by atoms with van der Waals surface area (Å²) in [6, 6.07) is 8.01. The first-order valence-electron chi connectivity index (χ1n) is 6.43. The largest absolute Gasteiger partial charge is 0.325 e. The summed E-state index contributed by atoms with van der Waals surface area (Å²) < 4.78 is 23.0. The van der Waals surface area contributed by atoms with E-state index in [-0.39, 0.29) is 5.54 Å². The molecule has 3 rings (SSSR count). The molecule has 0 heterocycles. The van der Waals surface area contributed by atoms with Gasteiger partial charge in [-0.25, -0.2) is 8.42 Å². The Hall–Kier alpha value is -0.870. The number of hydrogen-bond donors (Lipinski definition) is 1. The Morgan fingerprint density at radius 1 is 1.11 bits per heavy atom.